The molecule has 2 N–H and O–H groups in total. The lowest BCUT2D eigenvalue weighted by atomic mass is 9.92. The molecule has 6 heteroatoms. The third-order valence-electron chi connectivity index (χ3n) is 3.39. The Morgan fingerprint density at radius 1 is 1.30 bits per heavy atom. The van der Waals surface area contributed by atoms with E-state index in [0.29, 0.717) is 12.8 Å². The molecule has 0 bridgehead atoms. The molecule has 1 aromatic carbocycles. The third kappa shape index (κ3) is 3.66. The minimum Gasteiger partial charge on any atom is -0.434 e. The Bertz CT molecular complexity index is 467. The van der Waals surface area contributed by atoms with E-state index >= 15 is 0 Å². The van der Waals surface area contributed by atoms with E-state index in [4.69, 9.17) is 0 Å². The van der Waals surface area contributed by atoms with Gasteiger partial charge >= 0.3 is 6.61 Å². The SMILES string of the molecule is O=C(N[C@H]1CCCC[C@@H]1O)c1ccccc1OC(F)F. The lowest BCUT2D eigenvalue weighted by Gasteiger charge is -2.28. The van der Waals surface area contributed by atoms with Crippen molar-refractivity contribution in [2.45, 2.75) is 44.4 Å². The molecule has 1 amide bonds. The van der Waals surface area contributed by atoms with Gasteiger partial charge in [0.1, 0.15) is 5.75 Å². The molecule has 0 spiro atoms. The molecule has 0 saturated heterocycles. The summed E-state index contributed by atoms with van der Waals surface area (Å²) in [7, 11) is 0. The predicted octanol–water partition coefficient (Wildman–Crippen LogP) is 2.32. The fraction of sp³-hybridized carbons (Fsp3) is 0.500. The number of rotatable bonds is 4. The van der Waals surface area contributed by atoms with E-state index in [-0.39, 0.29) is 17.4 Å². The maximum Gasteiger partial charge on any atom is 0.387 e. The maximum atomic E-state index is 12.3. The maximum absolute atomic E-state index is 12.3. The Kier molecular flexibility index (Phi) is 4.89. The van der Waals surface area contributed by atoms with Gasteiger partial charge in [0.25, 0.3) is 5.91 Å². The minimum absolute atomic E-state index is 0.0468. The number of ether oxygens (including phenoxy) is 1. The molecule has 2 atom stereocenters. The van der Waals surface area contributed by atoms with Gasteiger partial charge in [-0.1, -0.05) is 25.0 Å². The highest BCUT2D eigenvalue weighted by Crippen LogP contribution is 2.22. The van der Waals surface area contributed by atoms with E-state index in [1.165, 1.54) is 18.2 Å². The molecule has 0 aromatic heterocycles. The van der Waals surface area contributed by atoms with E-state index in [9.17, 15) is 18.7 Å². The van der Waals surface area contributed by atoms with E-state index in [0.717, 1.165) is 12.8 Å². The molecule has 4 nitrogen and oxygen atoms in total. The monoisotopic (exact) mass is 285 g/mol. The highest BCUT2D eigenvalue weighted by Gasteiger charge is 2.26. The van der Waals surface area contributed by atoms with Gasteiger partial charge in [-0.25, -0.2) is 0 Å². The number of halogens is 2. The second-order valence-electron chi connectivity index (χ2n) is 4.81. The first kappa shape index (κ1) is 14.7. The zero-order valence-corrected chi connectivity index (χ0v) is 10.9. The van der Waals surface area contributed by atoms with Crippen molar-refractivity contribution < 1.29 is 23.4 Å². The van der Waals surface area contributed by atoms with Crippen molar-refractivity contribution in [1.29, 1.82) is 0 Å². The predicted molar refractivity (Wildman–Crippen MR) is 68.8 cm³/mol. The van der Waals surface area contributed by atoms with Crippen molar-refractivity contribution in [3.63, 3.8) is 0 Å². The number of aliphatic hydroxyl groups is 1. The lowest BCUT2D eigenvalue weighted by Crippen LogP contribution is -2.45. The number of hydrogen-bond donors (Lipinski definition) is 2. The van der Waals surface area contributed by atoms with E-state index in [1.807, 2.05) is 0 Å². The molecule has 1 aliphatic rings. The smallest absolute Gasteiger partial charge is 0.387 e. The van der Waals surface area contributed by atoms with Gasteiger partial charge in [0, 0.05) is 0 Å². The molecule has 2 rings (SSSR count). The lowest BCUT2D eigenvalue weighted by molar-refractivity contribution is -0.0502. The summed E-state index contributed by atoms with van der Waals surface area (Å²) >= 11 is 0. The zero-order chi connectivity index (χ0) is 14.5. The van der Waals surface area contributed by atoms with Gasteiger partial charge < -0.3 is 15.2 Å². The van der Waals surface area contributed by atoms with Crippen LogP contribution >= 0.6 is 0 Å². The molecule has 20 heavy (non-hydrogen) atoms. The molecular weight excluding hydrogens is 268 g/mol. The van der Waals surface area contributed by atoms with Crippen LogP contribution < -0.4 is 10.1 Å². The Morgan fingerprint density at radius 3 is 2.70 bits per heavy atom. The molecule has 1 aromatic rings. The fourth-order valence-electron chi connectivity index (χ4n) is 2.38. The Hall–Kier alpha value is -1.69. The Labute approximate surface area is 115 Å². The van der Waals surface area contributed by atoms with Gasteiger partial charge in [0.05, 0.1) is 17.7 Å². The summed E-state index contributed by atoms with van der Waals surface area (Å²) in [6.07, 6.45) is 2.59. The van der Waals surface area contributed by atoms with Crippen LogP contribution in [0.5, 0.6) is 5.75 Å². The van der Waals surface area contributed by atoms with Crippen LogP contribution in [0.4, 0.5) is 8.78 Å². The Morgan fingerprint density at radius 2 is 2.00 bits per heavy atom. The summed E-state index contributed by atoms with van der Waals surface area (Å²) in [5.41, 5.74) is 0.0468. The molecule has 1 aliphatic carbocycles. The van der Waals surface area contributed by atoms with Crippen molar-refractivity contribution in [3.05, 3.63) is 29.8 Å². The topological polar surface area (TPSA) is 58.6 Å². The summed E-state index contributed by atoms with van der Waals surface area (Å²) < 4.78 is 28.9. The van der Waals surface area contributed by atoms with Crippen LogP contribution in [0.2, 0.25) is 0 Å². The normalized spacial score (nSPS) is 22.6. The third-order valence-corrected chi connectivity index (χ3v) is 3.39. The number of benzene rings is 1. The Balaban J connectivity index is 2.08. The van der Waals surface area contributed by atoms with Crippen LogP contribution in [-0.2, 0) is 0 Å². The standard InChI is InChI=1S/C14H17F2NO3/c15-14(16)20-12-8-4-1-5-9(12)13(19)17-10-6-2-3-7-11(10)18/h1,4-5,8,10-11,14,18H,2-3,6-7H2,(H,17,19)/t10-,11-/m0/s1. The van der Waals surface area contributed by atoms with Gasteiger partial charge in [0.2, 0.25) is 0 Å². The zero-order valence-electron chi connectivity index (χ0n) is 10.9. The average Bonchev–Trinajstić information content (AvgIpc) is 2.41. The molecule has 0 heterocycles. The number of nitrogens with one attached hydrogen (secondary N) is 1. The summed E-state index contributed by atoms with van der Waals surface area (Å²) in [5.74, 6) is -0.669. The van der Waals surface area contributed by atoms with Crippen molar-refractivity contribution in [2.24, 2.45) is 0 Å². The van der Waals surface area contributed by atoms with Gasteiger partial charge in [-0.05, 0) is 25.0 Å². The van der Waals surface area contributed by atoms with Crippen LogP contribution in [0.1, 0.15) is 36.0 Å². The highest BCUT2D eigenvalue weighted by molar-refractivity contribution is 5.97. The van der Waals surface area contributed by atoms with E-state index < -0.39 is 18.6 Å². The number of carbonyl (C=O) groups is 1. The molecule has 0 radical (unpaired) electrons. The largest absolute Gasteiger partial charge is 0.434 e. The number of hydrogen-bond acceptors (Lipinski definition) is 3. The quantitative estimate of drug-likeness (QED) is 0.892. The van der Waals surface area contributed by atoms with E-state index in [2.05, 4.69) is 10.1 Å². The first-order chi connectivity index (χ1) is 9.58. The van der Waals surface area contributed by atoms with Crippen LogP contribution in [-0.4, -0.2) is 29.8 Å². The average molecular weight is 285 g/mol. The van der Waals surface area contributed by atoms with Crippen LogP contribution in [0, 0.1) is 0 Å². The molecule has 0 unspecified atom stereocenters. The van der Waals surface area contributed by atoms with Gasteiger partial charge in [-0.3, -0.25) is 4.79 Å². The number of para-hydroxylation sites is 1. The van der Waals surface area contributed by atoms with Crippen molar-refractivity contribution in [2.75, 3.05) is 0 Å². The fourth-order valence-corrected chi connectivity index (χ4v) is 2.38. The van der Waals surface area contributed by atoms with Crippen LogP contribution in [0.25, 0.3) is 0 Å². The van der Waals surface area contributed by atoms with E-state index in [1.54, 1.807) is 6.07 Å². The minimum atomic E-state index is -2.98. The van der Waals surface area contributed by atoms with Crippen molar-refractivity contribution in [1.82, 2.24) is 5.32 Å². The summed E-state index contributed by atoms with van der Waals surface area (Å²) in [6.45, 7) is -2.98. The van der Waals surface area contributed by atoms with Gasteiger partial charge in [0.15, 0.2) is 0 Å². The number of aliphatic hydroxyl groups excluding tert-OH is 1. The number of carbonyl (C=O) groups excluding carboxylic acids is 1. The van der Waals surface area contributed by atoms with Crippen molar-refractivity contribution >= 4 is 5.91 Å². The summed E-state index contributed by atoms with van der Waals surface area (Å²) in [4.78, 5) is 12.1. The second-order valence-corrected chi connectivity index (χ2v) is 4.81. The van der Waals surface area contributed by atoms with Gasteiger partial charge in [-0.15, -0.1) is 0 Å². The molecule has 1 saturated carbocycles. The van der Waals surface area contributed by atoms with Crippen LogP contribution in [0.3, 0.4) is 0 Å². The first-order valence-electron chi connectivity index (χ1n) is 6.60. The summed E-state index contributed by atoms with van der Waals surface area (Å²) in [6, 6.07) is 5.49. The number of alkyl halides is 2. The first-order valence-corrected chi connectivity index (χ1v) is 6.60. The van der Waals surface area contributed by atoms with Crippen LogP contribution in [0.15, 0.2) is 24.3 Å². The van der Waals surface area contributed by atoms with Gasteiger partial charge in [-0.2, -0.15) is 8.78 Å². The highest BCUT2D eigenvalue weighted by atomic mass is 19.3. The van der Waals surface area contributed by atoms with Crippen molar-refractivity contribution in [3.8, 4) is 5.75 Å². The molecule has 0 aliphatic heterocycles. The molecule has 110 valence electrons. The second kappa shape index (κ2) is 6.65. The molecular formula is C14H17F2NO3. The summed E-state index contributed by atoms with van der Waals surface area (Å²) in [5, 5.41) is 12.5. The molecule has 1 fully saturated rings. The number of amides is 1.